The molecule has 0 aromatic heterocycles. The molecule has 1 aromatic carbocycles. The van der Waals surface area contributed by atoms with Gasteiger partial charge in [-0.1, -0.05) is 18.5 Å². The van der Waals surface area contributed by atoms with Gasteiger partial charge in [0, 0.05) is 25.2 Å². The van der Waals surface area contributed by atoms with Crippen molar-refractivity contribution in [1.29, 1.82) is 0 Å². The van der Waals surface area contributed by atoms with Crippen molar-refractivity contribution in [2.45, 2.75) is 13.8 Å². The first-order chi connectivity index (χ1) is 7.08. The summed E-state index contributed by atoms with van der Waals surface area (Å²) in [5.74, 6) is 0.653. The molecule has 0 amide bonds. The van der Waals surface area contributed by atoms with Crippen molar-refractivity contribution < 1.29 is 0 Å². The van der Waals surface area contributed by atoms with Gasteiger partial charge in [-0.25, -0.2) is 0 Å². The van der Waals surface area contributed by atoms with E-state index >= 15 is 0 Å². The molecule has 0 bridgehead atoms. The lowest BCUT2D eigenvalue weighted by Crippen LogP contribution is -2.23. The SMILES string of the molecule is Cc1cc(Cl)cc2c1NCC(C)CN2C. The van der Waals surface area contributed by atoms with Crippen LogP contribution in [0.15, 0.2) is 12.1 Å². The van der Waals surface area contributed by atoms with Crippen molar-refractivity contribution in [3.8, 4) is 0 Å². The molecule has 0 saturated carbocycles. The Morgan fingerprint density at radius 1 is 1.47 bits per heavy atom. The molecule has 1 aliphatic rings. The molecule has 0 fully saturated rings. The average Bonchev–Trinajstić information content (AvgIpc) is 2.27. The van der Waals surface area contributed by atoms with Crippen LogP contribution in [0, 0.1) is 12.8 Å². The molecule has 82 valence electrons. The fourth-order valence-corrected chi connectivity index (χ4v) is 2.43. The molecule has 0 saturated heterocycles. The van der Waals surface area contributed by atoms with Gasteiger partial charge in [0.15, 0.2) is 0 Å². The zero-order chi connectivity index (χ0) is 11.0. The van der Waals surface area contributed by atoms with E-state index in [-0.39, 0.29) is 0 Å². The Bertz CT molecular complexity index is 376. The summed E-state index contributed by atoms with van der Waals surface area (Å²) in [6, 6.07) is 4.05. The summed E-state index contributed by atoms with van der Waals surface area (Å²) < 4.78 is 0. The van der Waals surface area contributed by atoms with Crippen molar-refractivity contribution >= 4 is 23.0 Å². The summed E-state index contributed by atoms with van der Waals surface area (Å²) in [5.41, 5.74) is 3.66. The summed E-state index contributed by atoms with van der Waals surface area (Å²) in [4.78, 5) is 2.28. The van der Waals surface area contributed by atoms with Crippen LogP contribution < -0.4 is 10.2 Å². The summed E-state index contributed by atoms with van der Waals surface area (Å²) >= 11 is 6.08. The van der Waals surface area contributed by atoms with Crippen molar-refractivity contribution in [3.05, 3.63) is 22.7 Å². The highest BCUT2D eigenvalue weighted by Gasteiger charge is 2.18. The van der Waals surface area contributed by atoms with E-state index < -0.39 is 0 Å². The first-order valence-electron chi connectivity index (χ1n) is 5.33. The third kappa shape index (κ3) is 2.05. The average molecular weight is 225 g/mol. The maximum absolute atomic E-state index is 6.08. The lowest BCUT2D eigenvalue weighted by Gasteiger charge is -2.21. The van der Waals surface area contributed by atoms with Crippen LogP contribution in [0.5, 0.6) is 0 Å². The number of halogens is 1. The van der Waals surface area contributed by atoms with E-state index in [0.29, 0.717) is 5.92 Å². The van der Waals surface area contributed by atoms with E-state index in [1.807, 2.05) is 12.1 Å². The van der Waals surface area contributed by atoms with E-state index in [1.165, 1.54) is 16.9 Å². The summed E-state index contributed by atoms with van der Waals surface area (Å²) in [7, 11) is 2.12. The number of benzene rings is 1. The van der Waals surface area contributed by atoms with Crippen LogP contribution in [0.4, 0.5) is 11.4 Å². The van der Waals surface area contributed by atoms with Crippen LogP contribution in [0.1, 0.15) is 12.5 Å². The quantitative estimate of drug-likeness (QED) is 0.729. The molecule has 1 heterocycles. The molecule has 1 atom stereocenters. The lowest BCUT2D eigenvalue weighted by atomic mass is 10.1. The van der Waals surface area contributed by atoms with Crippen molar-refractivity contribution in [2.75, 3.05) is 30.4 Å². The van der Waals surface area contributed by atoms with Crippen LogP contribution in [-0.4, -0.2) is 20.1 Å². The second-order valence-electron chi connectivity index (χ2n) is 4.48. The monoisotopic (exact) mass is 224 g/mol. The van der Waals surface area contributed by atoms with Gasteiger partial charge in [-0.3, -0.25) is 0 Å². The Morgan fingerprint density at radius 2 is 2.20 bits per heavy atom. The Hall–Kier alpha value is -0.890. The Labute approximate surface area is 96.2 Å². The van der Waals surface area contributed by atoms with Gasteiger partial charge in [-0.15, -0.1) is 0 Å². The highest BCUT2D eigenvalue weighted by molar-refractivity contribution is 6.31. The molecule has 3 heteroatoms. The number of anilines is 2. The second kappa shape index (κ2) is 3.93. The van der Waals surface area contributed by atoms with Gasteiger partial charge in [0.1, 0.15) is 0 Å². The number of nitrogens with one attached hydrogen (secondary N) is 1. The summed E-state index contributed by atoms with van der Waals surface area (Å²) in [5, 5.41) is 4.31. The summed E-state index contributed by atoms with van der Waals surface area (Å²) in [6.45, 7) is 6.45. The van der Waals surface area contributed by atoms with Crippen LogP contribution in [0.3, 0.4) is 0 Å². The van der Waals surface area contributed by atoms with Crippen LogP contribution in [0.2, 0.25) is 5.02 Å². The lowest BCUT2D eigenvalue weighted by molar-refractivity contribution is 0.618. The molecule has 0 aliphatic carbocycles. The second-order valence-corrected chi connectivity index (χ2v) is 4.92. The highest BCUT2D eigenvalue weighted by atomic mass is 35.5. The van der Waals surface area contributed by atoms with Gasteiger partial charge < -0.3 is 10.2 Å². The van der Waals surface area contributed by atoms with E-state index in [0.717, 1.165) is 18.1 Å². The van der Waals surface area contributed by atoms with E-state index in [1.54, 1.807) is 0 Å². The third-order valence-corrected chi connectivity index (χ3v) is 3.12. The molecule has 2 nitrogen and oxygen atoms in total. The third-order valence-electron chi connectivity index (χ3n) is 2.90. The fraction of sp³-hybridized carbons (Fsp3) is 0.500. The van der Waals surface area contributed by atoms with Crippen LogP contribution in [0.25, 0.3) is 0 Å². The topological polar surface area (TPSA) is 15.3 Å². The maximum atomic E-state index is 6.08. The molecule has 1 unspecified atom stereocenters. The van der Waals surface area contributed by atoms with Gasteiger partial charge >= 0.3 is 0 Å². The molecule has 15 heavy (non-hydrogen) atoms. The predicted octanol–water partition coefficient (Wildman–Crippen LogP) is 3.15. The zero-order valence-electron chi connectivity index (χ0n) is 9.47. The zero-order valence-corrected chi connectivity index (χ0v) is 10.2. The van der Waals surface area contributed by atoms with Gasteiger partial charge in [-0.2, -0.15) is 0 Å². The number of fused-ring (bicyclic) bond motifs is 1. The van der Waals surface area contributed by atoms with Gasteiger partial charge in [0.05, 0.1) is 11.4 Å². The summed E-state index contributed by atoms with van der Waals surface area (Å²) in [6.07, 6.45) is 0. The smallest absolute Gasteiger partial charge is 0.0617 e. The minimum absolute atomic E-state index is 0.653. The van der Waals surface area contributed by atoms with Crippen molar-refractivity contribution in [2.24, 2.45) is 5.92 Å². The molecule has 1 N–H and O–H groups in total. The minimum Gasteiger partial charge on any atom is -0.383 e. The van der Waals surface area contributed by atoms with Gasteiger partial charge in [-0.05, 0) is 30.5 Å². The number of rotatable bonds is 0. The Kier molecular flexibility index (Phi) is 2.79. The molecule has 1 aliphatic heterocycles. The normalized spacial score (nSPS) is 20.5. The van der Waals surface area contributed by atoms with Crippen molar-refractivity contribution in [3.63, 3.8) is 0 Å². The number of aryl methyl sites for hydroxylation is 1. The predicted molar refractivity (Wildman–Crippen MR) is 67.1 cm³/mol. The van der Waals surface area contributed by atoms with E-state index in [2.05, 4.69) is 31.1 Å². The highest BCUT2D eigenvalue weighted by Crippen LogP contribution is 2.34. The van der Waals surface area contributed by atoms with Crippen LogP contribution in [-0.2, 0) is 0 Å². The fourth-order valence-electron chi connectivity index (χ4n) is 2.16. The molecular weight excluding hydrogens is 208 g/mol. The number of nitrogens with zero attached hydrogens (tertiary/aromatic N) is 1. The number of hydrogen-bond donors (Lipinski definition) is 1. The van der Waals surface area contributed by atoms with Crippen LogP contribution >= 0.6 is 11.6 Å². The minimum atomic E-state index is 0.653. The van der Waals surface area contributed by atoms with Crippen molar-refractivity contribution in [1.82, 2.24) is 0 Å². The maximum Gasteiger partial charge on any atom is 0.0617 e. The molecule has 1 aromatic rings. The first-order valence-corrected chi connectivity index (χ1v) is 5.71. The van der Waals surface area contributed by atoms with Gasteiger partial charge in [0.2, 0.25) is 0 Å². The largest absolute Gasteiger partial charge is 0.383 e. The first kappa shape index (κ1) is 10.6. The molecule has 2 rings (SSSR count). The van der Waals surface area contributed by atoms with E-state index in [4.69, 9.17) is 11.6 Å². The Balaban J connectivity index is 2.48. The van der Waals surface area contributed by atoms with Gasteiger partial charge in [0.25, 0.3) is 0 Å². The molecule has 0 spiro atoms. The molecule has 0 radical (unpaired) electrons. The molecular formula is C12H17ClN2. The Morgan fingerprint density at radius 3 is 2.93 bits per heavy atom. The number of hydrogen-bond acceptors (Lipinski definition) is 2. The standard InChI is InChI=1S/C12H17ClN2/c1-8-6-14-12-9(2)4-10(13)5-11(12)15(3)7-8/h4-5,8,14H,6-7H2,1-3H3. The van der Waals surface area contributed by atoms with E-state index in [9.17, 15) is 0 Å².